The second kappa shape index (κ2) is 11.5. The van der Waals surface area contributed by atoms with Gasteiger partial charge in [0.1, 0.15) is 23.4 Å². The minimum Gasteiger partial charge on any atom is -0.508 e. The summed E-state index contributed by atoms with van der Waals surface area (Å²) in [6.07, 6.45) is 5.56. The Kier molecular flexibility index (Phi) is 7.90. The van der Waals surface area contributed by atoms with Gasteiger partial charge in [-0.1, -0.05) is 24.3 Å². The van der Waals surface area contributed by atoms with Crippen molar-refractivity contribution in [2.24, 2.45) is 0 Å². The fourth-order valence-corrected chi connectivity index (χ4v) is 5.83. The van der Waals surface area contributed by atoms with Crippen LogP contribution in [0.5, 0.6) is 17.2 Å². The Morgan fingerprint density at radius 1 is 0.919 bits per heavy atom. The van der Waals surface area contributed by atoms with E-state index < -0.39 is 0 Å². The number of aromatic hydroxyl groups is 1. The molecule has 1 N–H and O–H groups in total. The number of nitrogens with zero attached hydrogens (tertiary/aromatic N) is 2. The van der Waals surface area contributed by atoms with Crippen LogP contribution in [0.1, 0.15) is 54.4 Å². The summed E-state index contributed by atoms with van der Waals surface area (Å²) in [6.45, 7) is 6.17. The number of piperidine rings is 1. The van der Waals surface area contributed by atoms with E-state index in [0.717, 1.165) is 69.8 Å². The monoisotopic (exact) mass is 500 g/mol. The molecule has 1 atom stereocenters. The van der Waals surface area contributed by atoms with Gasteiger partial charge in [0.05, 0.1) is 7.11 Å². The summed E-state index contributed by atoms with van der Waals surface area (Å²) in [5, 5.41) is 9.90. The van der Waals surface area contributed by atoms with Crippen molar-refractivity contribution in [3.05, 3.63) is 82.9 Å². The zero-order valence-corrected chi connectivity index (χ0v) is 22.5. The van der Waals surface area contributed by atoms with E-state index in [1.54, 1.807) is 7.11 Å². The van der Waals surface area contributed by atoms with E-state index >= 15 is 0 Å². The van der Waals surface area contributed by atoms with E-state index in [1.165, 1.54) is 27.9 Å². The van der Waals surface area contributed by atoms with E-state index in [2.05, 4.69) is 72.3 Å². The largest absolute Gasteiger partial charge is 0.508 e. The zero-order chi connectivity index (χ0) is 25.8. The smallest absolute Gasteiger partial charge is 0.120 e. The first-order chi connectivity index (χ1) is 18.0. The minimum atomic E-state index is 0.318. The predicted octanol–water partition coefficient (Wildman–Crippen LogP) is 6.17. The highest BCUT2D eigenvalue weighted by molar-refractivity contribution is 5.60. The molecule has 1 aliphatic carbocycles. The van der Waals surface area contributed by atoms with Crippen LogP contribution in [0.15, 0.2) is 60.7 Å². The number of benzene rings is 3. The molecule has 0 radical (unpaired) electrons. The van der Waals surface area contributed by atoms with Crippen molar-refractivity contribution in [3.63, 3.8) is 0 Å². The van der Waals surface area contributed by atoms with Crippen LogP contribution in [-0.2, 0) is 19.4 Å². The molecule has 5 nitrogen and oxygen atoms in total. The van der Waals surface area contributed by atoms with E-state index in [9.17, 15) is 5.11 Å². The second-order valence-electron chi connectivity index (χ2n) is 10.6. The van der Waals surface area contributed by atoms with Crippen molar-refractivity contribution in [1.29, 1.82) is 0 Å². The predicted molar refractivity (Wildman–Crippen MR) is 150 cm³/mol. The number of anilines is 1. The van der Waals surface area contributed by atoms with Crippen molar-refractivity contribution in [1.82, 2.24) is 4.90 Å². The number of phenolic OH excluding ortho intramolecular Hbond substituents is 1. The maximum Gasteiger partial charge on any atom is 0.120 e. The highest BCUT2D eigenvalue weighted by Gasteiger charge is 2.25. The Bertz CT molecular complexity index is 1190. The Morgan fingerprint density at radius 3 is 2.41 bits per heavy atom. The lowest BCUT2D eigenvalue weighted by Gasteiger charge is -2.32. The standard InChI is InChI=1S/C32H40N2O3/c1-4-34(22-23-5-11-28(12-6-23)37-29-15-17-33(2)18-16-29)32-21-30(36-3)13-14-31(32)26-8-7-25-20-27(35)10-9-24(25)19-26/h5-6,9-14,20-21,26,29,35H,4,7-8,15-19,22H2,1-3H3. The maximum atomic E-state index is 9.90. The molecule has 0 amide bonds. The fourth-order valence-electron chi connectivity index (χ4n) is 5.83. The molecular formula is C32H40N2O3. The van der Waals surface area contributed by atoms with Crippen LogP contribution in [0, 0.1) is 0 Å². The summed E-state index contributed by atoms with van der Waals surface area (Å²) in [6, 6.07) is 21.0. The number of likely N-dealkylation sites (tertiary alicyclic amines) is 1. The molecule has 5 rings (SSSR count). The van der Waals surface area contributed by atoms with Crippen molar-refractivity contribution >= 4 is 5.69 Å². The van der Waals surface area contributed by atoms with Gasteiger partial charge in [0, 0.05) is 37.9 Å². The van der Waals surface area contributed by atoms with Gasteiger partial charge >= 0.3 is 0 Å². The molecule has 1 fully saturated rings. The van der Waals surface area contributed by atoms with Gasteiger partial charge in [-0.3, -0.25) is 0 Å². The van der Waals surface area contributed by atoms with Crippen molar-refractivity contribution in [2.75, 3.05) is 38.7 Å². The lowest BCUT2D eigenvalue weighted by atomic mass is 9.79. The molecule has 5 heteroatoms. The summed E-state index contributed by atoms with van der Waals surface area (Å²) in [5.41, 5.74) is 6.53. The van der Waals surface area contributed by atoms with Crippen LogP contribution in [0.2, 0.25) is 0 Å². The summed E-state index contributed by atoms with van der Waals surface area (Å²) in [7, 11) is 3.92. The minimum absolute atomic E-state index is 0.318. The molecule has 1 heterocycles. The van der Waals surface area contributed by atoms with Crippen molar-refractivity contribution in [3.8, 4) is 17.2 Å². The normalized spacial score (nSPS) is 18.3. The average Bonchev–Trinajstić information content (AvgIpc) is 2.93. The molecule has 196 valence electrons. The summed E-state index contributed by atoms with van der Waals surface area (Å²) in [4.78, 5) is 4.82. The molecule has 1 unspecified atom stereocenters. The van der Waals surface area contributed by atoms with Gasteiger partial charge in [-0.2, -0.15) is 0 Å². The lowest BCUT2D eigenvalue weighted by molar-refractivity contribution is 0.114. The van der Waals surface area contributed by atoms with E-state index in [4.69, 9.17) is 9.47 Å². The Balaban J connectivity index is 1.33. The maximum absolute atomic E-state index is 9.90. The number of ether oxygens (including phenoxy) is 2. The summed E-state index contributed by atoms with van der Waals surface area (Å²) in [5.74, 6) is 2.66. The van der Waals surface area contributed by atoms with Crippen LogP contribution in [0.25, 0.3) is 0 Å². The zero-order valence-electron chi connectivity index (χ0n) is 22.5. The molecular weight excluding hydrogens is 460 g/mol. The number of aryl methyl sites for hydroxylation is 1. The molecule has 0 saturated carbocycles. The highest BCUT2D eigenvalue weighted by atomic mass is 16.5. The Morgan fingerprint density at radius 2 is 1.68 bits per heavy atom. The van der Waals surface area contributed by atoms with Gasteiger partial charge in [-0.25, -0.2) is 0 Å². The first-order valence-electron chi connectivity index (χ1n) is 13.7. The SMILES string of the molecule is CCN(Cc1ccc(OC2CCN(C)CC2)cc1)c1cc(OC)ccc1C1CCc2cc(O)ccc2C1. The van der Waals surface area contributed by atoms with Gasteiger partial charge in [0.2, 0.25) is 0 Å². The van der Waals surface area contributed by atoms with Gasteiger partial charge in [0.25, 0.3) is 0 Å². The van der Waals surface area contributed by atoms with Crippen molar-refractivity contribution < 1.29 is 14.6 Å². The molecule has 0 bridgehead atoms. The number of methoxy groups -OCH3 is 1. The number of hydrogen-bond donors (Lipinski definition) is 1. The molecule has 2 aliphatic rings. The lowest BCUT2D eigenvalue weighted by Crippen LogP contribution is -2.35. The van der Waals surface area contributed by atoms with E-state index in [0.29, 0.717) is 17.8 Å². The van der Waals surface area contributed by atoms with Gasteiger partial charge in [0.15, 0.2) is 0 Å². The topological polar surface area (TPSA) is 45.2 Å². The van der Waals surface area contributed by atoms with Gasteiger partial charge in [-0.15, -0.1) is 0 Å². The van der Waals surface area contributed by atoms with Crippen molar-refractivity contribution in [2.45, 2.75) is 57.6 Å². The first kappa shape index (κ1) is 25.5. The highest BCUT2D eigenvalue weighted by Crippen LogP contribution is 2.40. The van der Waals surface area contributed by atoms with Crippen LogP contribution in [-0.4, -0.2) is 49.9 Å². The average molecular weight is 501 g/mol. The molecule has 0 aromatic heterocycles. The van der Waals surface area contributed by atoms with Crippen LogP contribution >= 0.6 is 0 Å². The van der Waals surface area contributed by atoms with Crippen LogP contribution in [0.4, 0.5) is 5.69 Å². The van der Waals surface area contributed by atoms with E-state index in [1.807, 2.05) is 12.1 Å². The fraction of sp³-hybridized carbons (Fsp3) is 0.438. The number of rotatable bonds is 8. The number of hydrogen-bond acceptors (Lipinski definition) is 5. The second-order valence-corrected chi connectivity index (χ2v) is 10.6. The third kappa shape index (κ3) is 6.04. The molecule has 0 spiro atoms. The third-order valence-electron chi connectivity index (χ3n) is 8.08. The molecule has 3 aromatic rings. The third-order valence-corrected chi connectivity index (χ3v) is 8.08. The van der Waals surface area contributed by atoms with E-state index in [-0.39, 0.29) is 0 Å². The first-order valence-corrected chi connectivity index (χ1v) is 13.7. The number of phenols is 1. The molecule has 37 heavy (non-hydrogen) atoms. The van der Waals surface area contributed by atoms with Crippen LogP contribution < -0.4 is 14.4 Å². The quantitative estimate of drug-likeness (QED) is 0.401. The van der Waals surface area contributed by atoms with Gasteiger partial charge in [-0.05, 0) is 105 Å². The Labute approximate surface area is 221 Å². The molecule has 3 aromatic carbocycles. The molecule has 1 saturated heterocycles. The summed E-state index contributed by atoms with van der Waals surface area (Å²) >= 11 is 0. The number of fused-ring (bicyclic) bond motifs is 1. The Hall–Kier alpha value is -3.18. The summed E-state index contributed by atoms with van der Waals surface area (Å²) < 4.78 is 11.9. The van der Waals surface area contributed by atoms with Gasteiger partial charge < -0.3 is 24.4 Å². The molecule has 1 aliphatic heterocycles. The van der Waals surface area contributed by atoms with Crippen LogP contribution in [0.3, 0.4) is 0 Å².